The average Bonchev–Trinajstić information content (AvgIpc) is 1.79. The molecule has 4 N–H and O–H groups in total. The van der Waals surface area contributed by atoms with Crippen LogP contribution in [0.4, 0.5) is 0 Å². The summed E-state index contributed by atoms with van der Waals surface area (Å²) >= 11 is 9.38. The Balaban J connectivity index is 3.06. The first-order valence-electron chi connectivity index (χ1n) is 3.19. The van der Waals surface area contributed by atoms with Crippen LogP contribution in [0, 0.1) is 0 Å². The van der Waals surface area contributed by atoms with Crippen LogP contribution in [0.1, 0.15) is 25.7 Å². The number of hydrogen-bond acceptors (Lipinski definition) is 2. The molecule has 4 heteroatoms. The van der Waals surface area contributed by atoms with Crippen LogP contribution in [0.15, 0.2) is 0 Å². The number of unbranched alkanes of at least 4 members (excludes halogenated alkanes) is 1. The molecule has 0 radical (unpaired) electrons. The summed E-state index contributed by atoms with van der Waals surface area (Å²) in [6.07, 6.45) is 3.59. The largest absolute Gasteiger partial charge is 0.393 e. The first-order chi connectivity index (χ1) is 4.63. The van der Waals surface area contributed by atoms with Gasteiger partial charge in [0.25, 0.3) is 0 Å². The van der Waals surface area contributed by atoms with Crippen LogP contribution >= 0.6 is 24.4 Å². The molecule has 0 saturated carbocycles. The lowest BCUT2D eigenvalue weighted by atomic mass is 10.2. The molecule has 0 rings (SSSR count). The third-order valence-electron chi connectivity index (χ3n) is 1.10. The van der Waals surface area contributed by atoms with E-state index >= 15 is 0 Å². The van der Waals surface area contributed by atoms with Gasteiger partial charge in [-0.25, -0.2) is 0 Å². The van der Waals surface area contributed by atoms with Gasteiger partial charge in [0.1, 0.15) is 0 Å². The van der Waals surface area contributed by atoms with Gasteiger partial charge in [-0.1, -0.05) is 24.4 Å². The van der Waals surface area contributed by atoms with Crippen LogP contribution in [-0.4, -0.2) is 9.98 Å². The van der Waals surface area contributed by atoms with Gasteiger partial charge in [-0.05, 0) is 25.7 Å². The molecule has 10 heavy (non-hydrogen) atoms. The van der Waals surface area contributed by atoms with Crippen molar-refractivity contribution in [2.75, 3.05) is 0 Å². The molecule has 0 spiro atoms. The molecule has 0 amide bonds. The molecule has 0 aromatic heterocycles. The Morgan fingerprint density at radius 2 is 1.20 bits per heavy atom. The molecular formula is C6H12N2S2. The predicted molar refractivity (Wildman–Crippen MR) is 52.0 cm³/mol. The highest BCUT2D eigenvalue weighted by Crippen LogP contribution is 1.99. The highest BCUT2D eigenvalue weighted by atomic mass is 32.1. The maximum absolute atomic E-state index is 5.28. The van der Waals surface area contributed by atoms with Crippen molar-refractivity contribution in [2.45, 2.75) is 25.7 Å². The zero-order valence-corrected chi connectivity index (χ0v) is 7.43. The maximum atomic E-state index is 5.28. The van der Waals surface area contributed by atoms with Gasteiger partial charge in [0.2, 0.25) is 0 Å². The van der Waals surface area contributed by atoms with E-state index < -0.39 is 0 Å². The average molecular weight is 176 g/mol. The van der Waals surface area contributed by atoms with E-state index in [1.165, 1.54) is 0 Å². The first-order valence-corrected chi connectivity index (χ1v) is 4.01. The zero-order valence-electron chi connectivity index (χ0n) is 5.80. The van der Waals surface area contributed by atoms with Crippen molar-refractivity contribution in [1.82, 2.24) is 0 Å². The van der Waals surface area contributed by atoms with Crippen molar-refractivity contribution in [3.8, 4) is 0 Å². The Morgan fingerprint density at radius 1 is 0.900 bits per heavy atom. The fourth-order valence-electron chi connectivity index (χ4n) is 0.598. The minimum Gasteiger partial charge on any atom is -0.393 e. The van der Waals surface area contributed by atoms with Gasteiger partial charge in [-0.2, -0.15) is 0 Å². The molecule has 0 saturated heterocycles. The Bertz CT molecular complexity index is 118. The number of hydrogen-bond donors (Lipinski definition) is 2. The molecule has 0 aromatic rings. The molecule has 0 aromatic carbocycles. The summed E-state index contributed by atoms with van der Waals surface area (Å²) in [5, 5.41) is 0. The topological polar surface area (TPSA) is 52.0 Å². The van der Waals surface area contributed by atoms with Crippen LogP contribution in [0.3, 0.4) is 0 Å². The first kappa shape index (κ1) is 9.78. The molecule has 0 unspecified atom stereocenters. The summed E-state index contributed by atoms with van der Waals surface area (Å²) in [6.45, 7) is 0. The Kier molecular flexibility index (Phi) is 5.43. The number of thiocarbonyl (C=S) groups is 2. The third-order valence-corrected chi connectivity index (χ3v) is 1.50. The lowest BCUT2D eigenvalue weighted by Crippen LogP contribution is -2.09. The smallest absolute Gasteiger partial charge is 0.0727 e. The fourth-order valence-corrected chi connectivity index (χ4v) is 0.887. The second-order valence-electron chi connectivity index (χ2n) is 2.14. The second kappa shape index (κ2) is 5.56. The van der Waals surface area contributed by atoms with Crippen LogP contribution < -0.4 is 11.5 Å². The van der Waals surface area contributed by atoms with E-state index in [2.05, 4.69) is 24.4 Å². The summed E-state index contributed by atoms with van der Waals surface area (Å²) in [5.41, 5.74) is 10.6. The van der Waals surface area contributed by atoms with Crippen LogP contribution in [0.5, 0.6) is 0 Å². The summed E-state index contributed by atoms with van der Waals surface area (Å²) in [6, 6.07) is 0. The molecular weight excluding hydrogens is 164 g/mol. The molecule has 0 bridgehead atoms. The maximum Gasteiger partial charge on any atom is 0.0727 e. The number of rotatable bonds is 5. The minimum atomic E-state index is 0.572. The van der Waals surface area contributed by atoms with Gasteiger partial charge < -0.3 is 11.5 Å². The van der Waals surface area contributed by atoms with Crippen LogP contribution in [-0.2, 0) is 0 Å². The third kappa shape index (κ3) is 7.78. The van der Waals surface area contributed by atoms with Crippen molar-refractivity contribution in [1.29, 1.82) is 0 Å². The zero-order chi connectivity index (χ0) is 7.98. The van der Waals surface area contributed by atoms with E-state index in [1.54, 1.807) is 0 Å². The van der Waals surface area contributed by atoms with Crippen molar-refractivity contribution in [3.05, 3.63) is 0 Å². The van der Waals surface area contributed by atoms with Crippen molar-refractivity contribution >= 4 is 34.4 Å². The van der Waals surface area contributed by atoms with E-state index in [1.807, 2.05) is 0 Å². The molecule has 0 aliphatic rings. The summed E-state index contributed by atoms with van der Waals surface area (Å²) in [7, 11) is 0. The monoisotopic (exact) mass is 176 g/mol. The molecule has 58 valence electrons. The SMILES string of the molecule is NC(=S)CCCCC(N)=S. The molecule has 0 heterocycles. The molecule has 0 aliphatic carbocycles. The number of nitrogens with two attached hydrogens (primary N) is 2. The van der Waals surface area contributed by atoms with E-state index in [9.17, 15) is 0 Å². The van der Waals surface area contributed by atoms with Gasteiger partial charge in [0.05, 0.1) is 9.98 Å². The normalized spacial score (nSPS) is 9.20. The minimum absolute atomic E-state index is 0.572. The van der Waals surface area contributed by atoms with E-state index in [0.29, 0.717) is 9.98 Å². The molecule has 0 fully saturated rings. The quantitative estimate of drug-likeness (QED) is 0.487. The van der Waals surface area contributed by atoms with Crippen molar-refractivity contribution in [3.63, 3.8) is 0 Å². The molecule has 0 atom stereocenters. The summed E-state index contributed by atoms with van der Waals surface area (Å²) in [5.74, 6) is 0. The van der Waals surface area contributed by atoms with Crippen LogP contribution in [0.25, 0.3) is 0 Å². The van der Waals surface area contributed by atoms with Gasteiger partial charge in [0, 0.05) is 0 Å². The Labute approximate surface area is 72.0 Å². The molecule has 2 nitrogen and oxygen atoms in total. The van der Waals surface area contributed by atoms with Crippen molar-refractivity contribution < 1.29 is 0 Å². The Hall–Kier alpha value is -0.220. The highest BCUT2D eigenvalue weighted by molar-refractivity contribution is 7.80. The van der Waals surface area contributed by atoms with Gasteiger partial charge in [-0.15, -0.1) is 0 Å². The predicted octanol–water partition coefficient (Wildman–Crippen LogP) is 1.12. The second-order valence-corrected chi connectivity index (χ2v) is 3.19. The van der Waals surface area contributed by atoms with E-state index in [0.717, 1.165) is 25.7 Å². The summed E-state index contributed by atoms with van der Waals surface area (Å²) < 4.78 is 0. The highest BCUT2D eigenvalue weighted by Gasteiger charge is 1.92. The Morgan fingerprint density at radius 3 is 1.40 bits per heavy atom. The fraction of sp³-hybridized carbons (Fsp3) is 0.667. The summed E-state index contributed by atoms with van der Waals surface area (Å²) in [4.78, 5) is 1.14. The standard InChI is InChI=1S/C6H12N2S2/c7-5(9)3-1-2-4-6(8)10/h1-4H2,(H2,7,9)(H2,8,10). The van der Waals surface area contributed by atoms with Gasteiger partial charge in [-0.3, -0.25) is 0 Å². The lowest BCUT2D eigenvalue weighted by Gasteiger charge is -1.97. The lowest BCUT2D eigenvalue weighted by molar-refractivity contribution is 0.798. The van der Waals surface area contributed by atoms with E-state index in [-0.39, 0.29) is 0 Å². The van der Waals surface area contributed by atoms with Gasteiger partial charge in [0.15, 0.2) is 0 Å². The molecule has 0 aliphatic heterocycles. The van der Waals surface area contributed by atoms with Gasteiger partial charge >= 0.3 is 0 Å². The van der Waals surface area contributed by atoms with Crippen molar-refractivity contribution in [2.24, 2.45) is 11.5 Å². The van der Waals surface area contributed by atoms with Crippen LogP contribution in [0.2, 0.25) is 0 Å². The van der Waals surface area contributed by atoms with E-state index in [4.69, 9.17) is 11.5 Å².